The highest BCUT2D eigenvalue weighted by atomic mass is 16.1. The third kappa shape index (κ3) is 3.81. The first-order valence-corrected chi connectivity index (χ1v) is 6.67. The van der Waals surface area contributed by atoms with Gasteiger partial charge in [0, 0.05) is 12.6 Å². The minimum atomic E-state index is 0.0618. The predicted octanol–water partition coefficient (Wildman–Crippen LogP) is 2.05. The third-order valence-electron chi connectivity index (χ3n) is 3.58. The van der Waals surface area contributed by atoms with E-state index in [-0.39, 0.29) is 5.91 Å². The Morgan fingerprint density at radius 3 is 3.17 bits per heavy atom. The molecule has 2 unspecified atom stereocenters. The van der Waals surface area contributed by atoms with E-state index < -0.39 is 0 Å². The van der Waals surface area contributed by atoms with E-state index in [1.807, 2.05) is 18.2 Å². The van der Waals surface area contributed by atoms with Crippen molar-refractivity contribution in [2.24, 2.45) is 11.8 Å². The lowest BCUT2D eigenvalue weighted by atomic mass is 9.85. The molecule has 2 atom stereocenters. The molecule has 0 aromatic carbocycles. The third-order valence-corrected chi connectivity index (χ3v) is 3.58. The van der Waals surface area contributed by atoms with Crippen molar-refractivity contribution in [1.29, 1.82) is 0 Å². The van der Waals surface area contributed by atoms with Crippen LogP contribution in [0.3, 0.4) is 0 Å². The monoisotopic (exact) mass is 247 g/mol. The Labute approximate surface area is 108 Å². The van der Waals surface area contributed by atoms with Crippen molar-refractivity contribution < 1.29 is 4.79 Å². The van der Waals surface area contributed by atoms with Crippen LogP contribution < -0.4 is 10.6 Å². The Kier molecular flexibility index (Phi) is 4.70. The summed E-state index contributed by atoms with van der Waals surface area (Å²) in [5.41, 5.74) is 0. The van der Waals surface area contributed by atoms with Gasteiger partial charge in [-0.05, 0) is 49.9 Å². The van der Waals surface area contributed by atoms with E-state index in [4.69, 9.17) is 0 Å². The zero-order valence-electron chi connectivity index (χ0n) is 10.9. The van der Waals surface area contributed by atoms with Crippen LogP contribution in [0.4, 0.5) is 5.82 Å². The Morgan fingerprint density at radius 1 is 1.61 bits per heavy atom. The average Bonchev–Trinajstić information content (AvgIpc) is 2.40. The van der Waals surface area contributed by atoms with Gasteiger partial charge in [0.1, 0.15) is 5.82 Å². The van der Waals surface area contributed by atoms with Gasteiger partial charge >= 0.3 is 0 Å². The van der Waals surface area contributed by atoms with E-state index in [1.165, 1.54) is 12.8 Å². The zero-order chi connectivity index (χ0) is 12.8. The van der Waals surface area contributed by atoms with E-state index in [1.54, 1.807) is 6.20 Å². The first-order valence-electron chi connectivity index (χ1n) is 6.67. The fourth-order valence-electron chi connectivity index (χ4n) is 2.45. The van der Waals surface area contributed by atoms with Crippen molar-refractivity contribution in [1.82, 2.24) is 10.3 Å². The van der Waals surface area contributed by atoms with Crippen LogP contribution in [0.2, 0.25) is 0 Å². The number of amides is 1. The highest BCUT2D eigenvalue weighted by Gasteiger charge is 2.21. The van der Waals surface area contributed by atoms with Crippen molar-refractivity contribution in [3.05, 3.63) is 24.4 Å². The van der Waals surface area contributed by atoms with Gasteiger partial charge in [-0.15, -0.1) is 0 Å². The minimum Gasteiger partial charge on any atom is -0.316 e. The predicted molar refractivity (Wildman–Crippen MR) is 72.2 cm³/mol. The minimum absolute atomic E-state index is 0.0618. The largest absolute Gasteiger partial charge is 0.316 e. The molecular weight excluding hydrogens is 226 g/mol. The maximum absolute atomic E-state index is 11.9. The van der Waals surface area contributed by atoms with E-state index >= 15 is 0 Å². The summed E-state index contributed by atoms with van der Waals surface area (Å²) in [5.74, 6) is 1.73. The molecule has 0 aliphatic carbocycles. The average molecular weight is 247 g/mol. The summed E-state index contributed by atoms with van der Waals surface area (Å²) in [4.78, 5) is 16.0. The van der Waals surface area contributed by atoms with Crippen LogP contribution in [-0.2, 0) is 4.79 Å². The number of anilines is 1. The molecule has 1 aliphatic rings. The van der Waals surface area contributed by atoms with E-state index in [0.717, 1.165) is 13.1 Å². The first-order chi connectivity index (χ1) is 8.75. The Hall–Kier alpha value is -1.42. The molecule has 2 N–H and O–H groups in total. The maximum atomic E-state index is 11.9. The highest BCUT2D eigenvalue weighted by molar-refractivity contribution is 5.89. The SMILES string of the molecule is CC(CC(=O)Nc1ccccn1)C1CCCNC1. The molecule has 4 heteroatoms. The molecular formula is C14H21N3O. The topological polar surface area (TPSA) is 54.0 Å². The molecule has 1 amide bonds. The first kappa shape index (κ1) is 13.0. The molecule has 2 heterocycles. The number of hydrogen-bond donors (Lipinski definition) is 2. The summed E-state index contributed by atoms with van der Waals surface area (Å²) in [5, 5.41) is 6.24. The highest BCUT2D eigenvalue weighted by Crippen LogP contribution is 2.22. The van der Waals surface area contributed by atoms with Gasteiger partial charge in [0.05, 0.1) is 0 Å². The van der Waals surface area contributed by atoms with Crippen LogP contribution >= 0.6 is 0 Å². The maximum Gasteiger partial charge on any atom is 0.225 e. The normalized spacial score (nSPS) is 21.3. The van der Waals surface area contributed by atoms with E-state index in [2.05, 4.69) is 22.5 Å². The molecule has 1 saturated heterocycles. The summed E-state index contributed by atoms with van der Waals surface area (Å²) in [6.45, 7) is 4.32. The van der Waals surface area contributed by atoms with Gasteiger partial charge in [0.15, 0.2) is 0 Å². The number of carbonyl (C=O) groups excluding carboxylic acids is 1. The number of carbonyl (C=O) groups is 1. The van der Waals surface area contributed by atoms with Crippen molar-refractivity contribution in [3.8, 4) is 0 Å². The molecule has 18 heavy (non-hydrogen) atoms. The number of aromatic nitrogens is 1. The van der Waals surface area contributed by atoms with Gasteiger partial charge in [-0.2, -0.15) is 0 Å². The van der Waals surface area contributed by atoms with Gasteiger partial charge in [-0.3, -0.25) is 4.79 Å². The molecule has 2 rings (SSSR count). The van der Waals surface area contributed by atoms with Crippen LogP contribution in [0, 0.1) is 11.8 Å². The van der Waals surface area contributed by atoms with Crippen LogP contribution in [0.15, 0.2) is 24.4 Å². The smallest absolute Gasteiger partial charge is 0.225 e. The van der Waals surface area contributed by atoms with Crippen LogP contribution in [0.25, 0.3) is 0 Å². The molecule has 98 valence electrons. The summed E-state index contributed by atoms with van der Waals surface area (Å²) in [6, 6.07) is 5.52. The lowest BCUT2D eigenvalue weighted by Crippen LogP contribution is -2.34. The molecule has 1 aromatic rings. The van der Waals surface area contributed by atoms with Crippen LogP contribution in [0.1, 0.15) is 26.2 Å². The number of pyridine rings is 1. The molecule has 0 saturated carbocycles. The molecule has 0 spiro atoms. The number of piperidine rings is 1. The second-order valence-electron chi connectivity index (χ2n) is 5.05. The van der Waals surface area contributed by atoms with E-state index in [9.17, 15) is 4.79 Å². The van der Waals surface area contributed by atoms with Crippen LogP contribution in [0.5, 0.6) is 0 Å². The second-order valence-corrected chi connectivity index (χ2v) is 5.05. The molecule has 1 fully saturated rings. The molecule has 4 nitrogen and oxygen atoms in total. The van der Waals surface area contributed by atoms with Gasteiger partial charge < -0.3 is 10.6 Å². The fourth-order valence-corrected chi connectivity index (χ4v) is 2.45. The Balaban J connectivity index is 1.79. The summed E-state index contributed by atoms with van der Waals surface area (Å²) < 4.78 is 0. The second kappa shape index (κ2) is 6.50. The van der Waals surface area contributed by atoms with Crippen molar-refractivity contribution in [2.75, 3.05) is 18.4 Å². The van der Waals surface area contributed by atoms with Crippen LogP contribution in [-0.4, -0.2) is 24.0 Å². The van der Waals surface area contributed by atoms with E-state index in [0.29, 0.717) is 24.1 Å². The number of nitrogens with zero attached hydrogens (tertiary/aromatic N) is 1. The lowest BCUT2D eigenvalue weighted by Gasteiger charge is -2.27. The quantitative estimate of drug-likeness (QED) is 0.856. The van der Waals surface area contributed by atoms with Gasteiger partial charge in [-0.25, -0.2) is 4.98 Å². The fraction of sp³-hybridized carbons (Fsp3) is 0.571. The summed E-state index contributed by atoms with van der Waals surface area (Å²) >= 11 is 0. The molecule has 0 bridgehead atoms. The van der Waals surface area contributed by atoms with Gasteiger partial charge in [0.25, 0.3) is 0 Å². The summed E-state index contributed by atoms with van der Waals surface area (Å²) in [6.07, 6.45) is 4.70. The summed E-state index contributed by atoms with van der Waals surface area (Å²) in [7, 11) is 0. The molecule has 1 aliphatic heterocycles. The number of rotatable bonds is 4. The van der Waals surface area contributed by atoms with Gasteiger partial charge in [0.2, 0.25) is 5.91 Å². The van der Waals surface area contributed by atoms with Crippen molar-refractivity contribution in [3.63, 3.8) is 0 Å². The standard InChI is InChI=1S/C14H21N3O/c1-11(12-5-4-7-15-10-12)9-14(18)17-13-6-2-3-8-16-13/h2-3,6,8,11-12,15H,4-5,7,9-10H2,1H3,(H,16,17,18). The lowest BCUT2D eigenvalue weighted by molar-refractivity contribution is -0.117. The number of hydrogen-bond acceptors (Lipinski definition) is 3. The van der Waals surface area contributed by atoms with Crippen molar-refractivity contribution >= 4 is 11.7 Å². The Morgan fingerprint density at radius 2 is 2.50 bits per heavy atom. The Bertz CT molecular complexity index is 374. The molecule has 0 radical (unpaired) electrons. The molecule has 1 aromatic heterocycles. The number of nitrogens with one attached hydrogen (secondary N) is 2. The van der Waals surface area contributed by atoms with Crippen molar-refractivity contribution in [2.45, 2.75) is 26.2 Å². The zero-order valence-corrected chi connectivity index (χ0v) is 10.9. The van der Waals surface area contributed by atoms with Gasteiger partial charge in [-0.1, -0.05) is 13.0 Å².